The van der Waals surface area contributed by atoms with Gasteiger partial charge in [-0.1, -0.05) is 38.1 Å². The molecule has 1 heterocycles. The topological polar surface area (TPSA) is 66.7 Å². The fourth-order valence-electron chi connectivity index (χ4n) is 2.64. The predicted octanol–water partition coefficient (Wildman–Crippen LogP) is 3.47. The lowest BCUT2D eigenvalue weighted by Crippen LogP contribution is -2.23. The van der Waals surface area contributed by atoms with Crippen LogP contribution in [0.25, 0.3) is 10.8 Å². The summed E-state index contributed by atoms with van der Waals surface area (Å²) in [5, 5.41) is 1.26. The van der Waals surface area contributed by atoms with Crippen LogP contribution in [0.1, 0.15) is 26.3 Å². The summed E-state index contributed by atoms with van der Waals surface area (Å²) in [4.78, 5) is 4.55. The van der Waals surface area contributed by atoms with Gasteiger partial charge in [-0.05, 0) is 18.6 Å². The van der Waals surface area contributed by atoms with Crippen molar-refractivity contribution in [2.75, 3.05) is 0 Å². The first-order valence-electron chi connectivity index (χ1n) is 6.32. The zero-order chi connectivity index (χ0) is 14.7. The van der Waals surface area contributed by atoms with Gasteiger partial charge in [0.1, 0.15) is 4.90 Å². The van der Waals surface area contributed by atoms with Crippen molar-refractivity contribution in [3.63, 3.8) is 0 Å². The minimum Gasteiger partial charge on any atom is -0.282 e. The third-order valence-corrected chi connectivity index (χ3v) is 5.01. The normalized spacial score (nSPS) is 17.1. The summed E-state index contributed by atoms with van der Waals surface area (Å²) >= 11 is 0. The Morgan fingerprint density at radius 2 is 1.75 bits per heavy atom. The lowest BCUT2D eigenvalue weighted by atomic mass is 9.81. The second-order valence-electron chi connectivity index (χ2n) is 5.61. The van der Waals surface area contributed by atoms with Gasteiger partial charge in [-0.2, -0.15) is 8.42 Å². The van der Waals surface area contributed by atoms with E-state index < -0.39 is 10.1 Å². The van der Waals surface area contributed by atoms with Crippen molar-refractivity contribution in [3.8, 4) is 0 Å². The summed E-state index contributed by atoms with van der Waals surface area (Å²) in [7, 11) is -4.27. The monoisotopic (exact) mass is 289 g/mol. The van der Waals surface area contributed by atoms with E-state index in [0.29, 0.717) is 5.39 Å². The van der Waals surface area contributed by atoms with Gasteiger partial charge < -0.3 is 0 Å². The molecule has 0 amide bonds. The predicted molar refractivity (Wildman–Crippen MR) is 79.6 cm³/mol. The zero-order valence-corrected chi connectivity index (χ0v) is 12.3. The first-order valence-corrected chi connectivity index (χ1v) is 7.76. The summed E-state index contributed by atoms with van der Waals surface area (Å²) < 4.78 is 32.8. The van der Waals surface area contributed by atoms with Crippen molar-refractivity contribution in [1.29, 1.82) is 0 Å². The molecule has 4 nitrogen and oxygen atoms in total. The third kappa shape index (κ3) is 1.70. The van der Waals surface area contributed by atoms with Crippen LogP contribution in [0.3, 0.4) is 0 Å². The lowest BCUT2D eigenvalue weighted by molar-refractivity contribution is 0.484. The van der Waals surface area contributed by atoms with Crippen LogP contribution in [0, 0.1) is 0 Å². The molecule has 0 saturated carbocycles. The Morgan fingerprint density at radius 1 is 1.15 bits per heavy atom. The minimum atomic E-state index is -4.27. The van der Waals surface area contributed by atoms with Crippen molar-refractivity contribution < 1.29 is 13.0 Å². The Hall–Kier alpha value is -1.72. The average Bonchev–Trinajstić information content (AvgIpc) is 2.59. The van der Waals surface area contributed by atoms with E-state index in [0.717, 1.165) is 22.3 Å². The summed E-state index contributed by atoms with van der Waals surface area (Å²) in [5.74, 6) is 0. The Bertz CT molecular complexity index is 864. The van der Waals surface area contributed by atoms with Crippen LogP contribution in [0.15, 0.2) is 40.2 Å². The molecule has 0 atom stereocenters. The summed E-state index contributed by atoms with van der Waals surface area (Å²) in [5.41, 5.74) is 2.24. The Balaban J connectivity index is 2.53. The standard InChI is InChI=1S/C15H15NO3S/c1-9-15(2,3)12-8-13(20(17,18)19)10-6-4-5-7-11(10)14(12)16-9/h4-8H,1-3H3,(H,17,18,19). The molecule has 20 heavy (non-hydrogen) atoms. The molecule has 1 N–H and O–H groups in total. The van der Waals surface area contributed by atoms with Gasteiger partial charge in [0, 0.05) is 21.9 Å². The highest BCUT2D eigenvalue weighted by Gasteiger charge is 2.35. The van der Waals surface area contributed by atoms with E-state index in [1.807, 2.05) is 32.9 Å². The molecule has 1 aliphatic heterocycles. The summed E-state index contributed by atoms with van der Waals surface area (Å²) in [6.07, 6.45) is 0. The van der Waals surface area contributed by atoms with E-state index in [-0.39, 0.29) is 10.3 Å². The molecule has 0 fully saturated rings. The molecule has 3 rings (SSSR count). The molecular weight excluding hydrogens is 274 g/mol. The van der Waals surface area contributed by atoms with E-state index >= 15 is 0 Å². The smallest absolute Gasteiger partial charge is 0.282 e. The lowest BCUT2D eigenvalue weighted by Gasteiger charge is -2.21. The van der Waals surface area contributed by atoms with Crippen molar-refractivity contribution in [3.05, 3.63) is 35.9 Å². The number of fused-ring (bicyclic) bond motifs is 3. The van der Waals surface area contributed by atoms with Crippen LogP contribution in [0.5, 0.6) is 0 Å². The first-order chi connectivity index (χ1) is 9.23. The molecule has 0 bridgehead atoms. The van der Waals surface area contributed by atoms with Gasteiger partial charge in [0.2, 0.25) is 0 Å². The molecule has 2 aromatic rings. The third-order valence-electron chi connectivity index (χ3n) is 4.11. The molecule has 5 heteroatoms. The second-order valence-corrected chi connectivity index (χ2v) is 7.00. The van der Waals surface area contributed by atoms with Gasteiger partial charge in [0.15, 0.2) is 0 Å². The maximum atomic E-state index is 11.7. The van der Waals surface area contributed by atoms with Crippen molar-refractivity contribution in [2.24, 2.45) is 4.99 Å². The van der Waals surface area contributed by atoms with Gasteiger partial charge >= 0.3 is 0 Å². The molecule has 1 aliphatic rings. The largest absolute Gasteiger partial charge is 0.295 e. The number of benzene rings is 2. The van der Waals surface area contributed by atoms with E-state index in [1.165, 1.54) is 0 Å². The van der Waals surface area contributed by atoms with Crippen LogP contribution in [-0.2, 0) is 15.5 Å². The van der Waals surface area contributed by atoms with E-state index in [9.17, 15) is 13.0 Å². The highest BCUT2D eigenvalue weighted by atomic mass is 32.2. The Kier molecular flexibility index (Phi) is 2.59. The fraction of sp³-hybridized carbons (Fsp3) is 0.267. The molecular formula is C15H15NO3S. The fourth-order valence-corrected chi connectivity index (χ4v) is 3.36. The summed E-state index contributed by atoms with van der Waals surface area (Å²) in [6, 6.07) is 8.66. The Labute approximate surface area is 117 Å². The molecule has 0 spiro atoms. The van der Waals surface area contributed by atoms with E-state index in [1.54, 1.807) is 18.2 Å². The van der Waals surface area contributed by atoms with Gasteiger partial charge in [-0.3, -0.25) is 9.55 Å². The number of nitrogens with zero attached hydrogens (tertiary/aromatic N) is 1. The zero-order valence-electron chi connectivity index (χ0n) is 11.5. The average molecular weight is 289 g/mol. The molecule has 0 aromatic heterocycles. The molecule has 0 saturated heterocycles. The first kappa shape index (κ1) is 13.3. The summed E-state index contributed by atoms with van der Waals surface area (Å²) in [6.45, 7) is 5.93. The maximum absolute atomic E-state index is 11.7. The quantitative estimate of drug-likeness (QED) is 0.817. The number of aliphatic imine (C=N–C) groups is 1. The Morgan fingerprint density at radius 3 is 2.35 bits per heavy atom. The molecule has 104 valence electrons. The maximum Gasteiger partial charge on any atom is 0.295 e. The van der Waals surface area contributed by atoms with Crippen LogP contribution in [-0.4, -0.2) is 18.7 Å². The van der Waals surface area contributed by atoms with Crippen LogP contribution in [0.2, 0.25) is 0 Å². The van der Waals surface area contributed by atoms with Crippen LogP contribution < -0.4 is 0 Å². The second kappa shape index (κ2) is 3.90. The molecule has 0 aliphatic carbocycles. The van der Waals surface area contributed by atoms with Gasteiger partial charge in [-0.15, -0.1) is 0 Å². The number of hydrogen-bond donors (Lipinski definition) is 1. The van der Waals surface area contributed by atoms with E-state index in [2.05, 4.69) is 4.99 Å². The van der Waals surface area contributed by atoms with Crippen LogP contribution in [0.4, 0.5) is 5.69 Å². The van der Waals surface area contributed by atoms with Crippen molar-refractivity contribution in [1.82, 2.24) is 0 Å². The highest BCUT2D eigenvalue weighted by Crippen LogP contribution is 2.46. The SMILES string of the molecule is CC1=Nc2c(cc(S(=O)(=O)O)c3ccccc23)C1(C)C. The van der Waals surface area contributed by atoms with Gasteiger partial charge in [-0.25, -0.2) is 0 Å². The van der Waals surface area contributed by atoms with Crippen molar-refractivity contribution >= 4 is 32.3 Å². The molecule has 0 unspecified atom stereocenters. The van der Waals surface area contributed by atoms with E-state index in [4.69, 9.17) is 0 Å². The van der Waals surface area contributed by atoms with Gasteiger partial charge in [0.05, 0.1) is 5.69 Å². The van der Waals surface area contributed by atoms with Crippen LogP contribution >= 0.6 is 0 Å². The number of hydrogen-bond acceptors (Lipinski definition) is 3. The highest BCUT2D eigenvalue weighted by molar-refractivity contribution is 7.86. The molecule has 0 radical (unpaired) electrons. The van der Waals surface area contributed by atoms with Gasteiger partial charge in [0.25, 0.3) is 10.1 Å². The van der Waals surface area contributed by atoms with Crippen molar-refractivity contribution in [2.45, 2.75) is 31.1 Å². The number of rotatable bonds is 1. The minimum absolute atomic E-state index is 0.0511. The molecule has 2 aromatic carbocycles.